The van der Waals surface area contributed by atoms with Crippen molar-refractivity contribution in [3.05, 3.63) is 16.6 Å². The lowest BCUT2D eigenvalue weighted by Gasteiger charge is -2.28. The summed E-state index contributed by atoms with van der Waals surface area (Å²) in [4.78, 5) is 4.36. The minimum absolute atomic E-state index is 0.362. The molecule has 0 aliphatic carbocycles. The molecule has 0 aliphatic heterocycles. The molecule has 80 valence electrons. The van der Waals surface area contributed by atoms with Gasteiger partial charge in [0.05, 0.1) is 5.01 Å². The number of thiazole rings is 1. The Morgan fingerprint density at radius 1 is 1.57 bits per heavy atom. The second kappa shape index (κ2) is 5.47. The highest BCUT2D eigenvalue weighted by Crippen LogP contribution is 2.28. The smallest absolute Gasteiger partial charge is 0.0930 e. The van der Waals surface area contributed by atoms with E-state index >= 15 is 0 Å². The highest BCUT2D eigenvalue weighted by molar-refractivity contribution is 7.09. The van der Waals surface area contributed by atoms with E-state index in [4.69, 9.17) is 0 Å². The van der Waals surface area contributed by atoms with E-state index in [9.17, 15) is 0 Å². The summed E-state index contributed by atoms with van der Waals surface area (Å²) in [5, 5.41) is 6.60. The van der Waals surface area contributed by atoms with E-state index in [2.05, 4.69) is 29.5 Å². The summed E-state index contributed by atoms with van der Waals surface area (Å²) in [6, 6.07) is 0. The molecule has 1 N–H and O–H groups in total. The Balaban J connectivity index is 2.58. The van der Waals surface area contributed by atoms with Crippen molar-refractivity contribution in [1.29, 1.82) is 0 Å². The fourth-order valence-corrected chi connectivity index (χ4v) is 2.81. The van der Waals surface area contributed by atoms with Gasteiger partial charge in [0, 0.05) is 24.5 Å². The predicted molar refractivity (Wildman–Crippen MR) is 62.8 cm³/mol. The molecule has 14 heavy (non-hydrogen) atoms. The normalized spacial score (nSPS) is 15.4. The summed E-state index contributed by atoms with van der Waals surface area (Å²) in [5.74, 6) is 0. The second-order valence-corrected chi connectivity index (χ2v) is 5.17. The van der Waals surface area contributed by atoms with Gasteiger partial charge in [-0.25, -0.2) is 4.98 Å². The summed E-state index contributed by atoms with van der Waals surface area (Å²) in [5.41, 5.74) is 0.362. The topological polar surface area (TPSA) is 24.9 Å². The maximum atomic E-state index is 4.36. The van der Waals surface area contributed by atoms with Crippen molar-refractivity contribution in [3.63, 3.8) is 0 Å². The molecule has 0 fully saturated rings. The van der Waals surface area contributed by atoms with Gasteiger partial charge in [-0.3, -0.25) is 0 Å². The molecule has 0 amide bonds. The van der Waals surface area contributed by atoms with Crippen LogP contribution in [0.3, 0.4) is 0 Å². The van der Waals surface area contributed by atoms with Gasteiger partial charge in [0.25, 0.3) is 0 Å². The van der Waals surface area contributed by atoms with Crippen LogP contribution in [0.5, 0.6) is 0 Å². The minimum atomic E-state index is 0.362. The molecule has 0 aliphatic rings. The molecule has 3 heteroatoms. The molecule has 1 heterocycles. The van der Waals surface area contributed by atoms with Crippen molar-refractivity contribution in [1.82, 2.24) is 10.3 Å². The zero-order valence-corrected chi connectivity index (χ0v) is 10.2. The lowest BCUT2D eigenvalue weighted by Crippen LogP contribution is -2.31. The highest BCUT2D eigenvalue weighted by atomic mass is 32.1. The van der Waals surface area contributed by atoms with E-state index in [1.807, 2.05) is 13.2 Å². The molecule has 0 bridgehead atoms. The first kappa shape index (κ1) is 11.7. The molecule has 1 unspecified atom stereocenters. The van der Waals surface area contributed by atoms with Crippen LogP contribution in [0.4, 0.5) is 0 Å². The molecule has 0 saturated heterocycles. The summed E-state index contributed by atoms with van der Waals surface area (Å²) >= 11 is 1.76. The van der Waals surface area contributed by atoms with Crippen LogP contribution in [0.1, 0.15) is 31.7 Å². The summed E-state index contributed by atoms with van der Waals surface area (Å²) < 4.78 is 0. The lowest BCUT2D eigenvalue weighted by atomic mass is 9.82. The van der Waals surface area contributed by atoms with Gasteiger partial charge >= 0.3 is 0 Å². The Morgan fingerprint density at radius 2 is 2.36 bits per heavy atom. The van der Waals surface area contributed by atoms with E-state index in [1.165, 1.54) is 17.8 Å². The summed E-state index contributed by atoms with van der Waals surface area (Å²) in [6.45, 7) is 5.66. The van der Waals surface area contributed by atoms with Crippen molar-refractivity contribution in [2.24, 2.45) is 5.41 Å². The van der Waals surface area contributed by atoms with Crippen LogP contribution < -0.4 is 5.32 Å². The maximum absolute atomic E-state index is 4.36. The fraction of sp³-hybridized carbons (Fsp3) is 0.727. The quantitative estimate of drug-likeness (QED) is 0.784. The standard InChI is InChI=1S/C11H20N2S/c1-4-5-11(2,9-12-3)8-10-13-6-7-14-10/h6-7,12H,4-5,8-9H2,1-3H3. The highest BCUT2D eigenvalue weighted by Gasteiger charge is 2.23. The molecule has 0 saturated carbocycles. The molecule has 0 aromatic carbocycles. The number of hydrogen-bond donors (Lipinski definition) is 1. The van der Waals surface area contributed by atoms with E-state index in [1.54, 1.807) is 11.3 Å². The van der Waals surface area contributed by atoms with E-state index in [0.717, 1.165) is 13.0 Å². The van der Waals surface area contributed by atoms with Gasteiger partial charge in [-0.1, -0.05) is 20.3 Å². The van der Waals surface area contributed by atoms with Crippen LogP contribution in [0.15, 0.2) is 11.6 Å². The molecule has 1 aromatic heterocycles. The Hall–Kier alpha value is -0.410. The van der Waals surface area contributed by atoms with E-state index in [0.29, 0.717) is 5.41 Å². The SMILES string of the molecule is CCCC(C)(CNC)Cc1nccs1. The second-order valence-electron chi connectivity index (χ2n) is 4.19. The third kappa shape index (κ3) is 3.39. The molecule has 2 nitrogen and oxygen atoms in total. The van der Waals surface area contributed by atoms with Gasteiger partial charge in [0.15, 0.2) is 0 Å². The monoisotopic (exact) mass is 212 g/mol. The lowest BCUT2D eigenvalue weighted by molar-refractivity contribution is 0.282. The first-order chi connectivity index (χ1) is 6.70. The van der Waals surface area contributed by atoms with Crippen LogP contribution in [-0.4, -0.2) is 18.6 Å². The Labute approximate surface area is 90.8 Å². The number of aromatic nitrogens is 1. The van der Waals surface area contributed by atoms with Crippen molar-refractivity contribution in [3.8, 4) is 0 Å². The van der Waals surface area contributed by atoms with Crippen molar-refractivity contribution >= 4 is 11.3 Å². The number of rotatable bonds is 6. The Bertz CT molecular complexity index is 238. The summed E-state index contributed by atoms with van der Waals surface area (Å²) in [6.07, 6.45) is 5.49. The maximum Gasteiger partial charge on any atom is 0.0930 e. The largest absolute Gasteiger partial charge is 0.319 e. The van der Waals surface area contributed by atoms with Crippen LogP contribution in [0.2, 0.25) is 0 Å². The van der Waals surface area contributed by atoms with Crippen LogP contribution >= 0.6 is 11.3 Å². The third-order valence-electron chi connectivity index (χ3n) is 2.52. The van der Waals surface area contributed by atoms with Gasteiger partial charge < -0.3 is 5.32 Å². The van der Waals surface area contributed by atoms with Gasteiger partial charge in [-0.05, 0) is 18.9 Å². The first-order valence-corrected chi connectivity index (χ1v) is 6.11. The van der Waals surface area contributed by atoms with Crippen LogP contribution in [-0.2, 0) is 6.42 Å². The molecule has 0 radical (unpaired) electrons. The molecule has 1 aromatic rings. The number of nitrogens with zero attached hydrogens (tertiary/aromatic N) is 1. The zero-order chi connectivity index (χ0) is 10.4. The molecule has 1 atom stereocenters. The number of hydrogen-bond acceptors (Lipinski definition) is 3. The van der Waals surface area contributed by atoms with Crippen LogP contribution in [0, 0.1) is 5.41 Å². The van der Waals surface area contributed by atoms with E-state index < -0.39 is 0 Å². The average Bonchev–Trinajstić information content (AvgIpc) is 2.57. The Morgan fingerprint density at radius 3 is 2.86 bits per heavy atom. The first-order valence-electron chi connectivity index (χ1n) is 5.23. The van der Waals surface area contributed by atoms with E-state index in [-0.39, 0.29) is 0 Å². The molecule has 1 rings (SSSR count). The molecular weight excluding hydrogens is 192 g/mol. The predicted octanol–water partition coefficient (Wildman–Crippen LogP) is 2.71. The van der Waals surface area contributed by atoms with Crippen molar-refractivity contribution in [2.45, 2.75) is 33.1 Å². The summed E-state index contributed by atoms with van der Waals surface area (Å²) in [7, 11) is 2.02. The average molecular weight is 212 g/mol. The molecule has 0 spiro atoms. The minimum Gasteiger partial charge on any atom is -0.319 e. The van der Waals surface area contributed by atoms with Crippen molar-refractivity contribution in [2.75, 3.05) is 13.6 Å². The van der Waals surface area contributed by atoms with Crippen molar-refractivity contribution < 1.29 is 0 Å². The van der Waals surface area contributed by atoms with Crippen LogP contribution in [0.25, 0.3) is 0 Å². The van der Waals surface area contributed by atoms with Gasteiger partial charge in [0.2, 0.25) is 0 Å². The zero-order valence-electron chi connectivity index (χ0n) is 9.34. The number of nitrogens with one attached hydrogen (secondary N) is 1. The molecular formula is C11H20N2S. The van der Waals surface area contributed by atoms with Gasteiger partial charge in [-0.2, -0.15) is 0 Å². The fourth-order valence-electron chi connectivity index (χ4n) is 1.97. The Kier molecular flexibility index (Phi) is 4.55. The van der Waals surface area contributed by atoms with Gasteiger partial charge in [-0.15, -0.1) is 11.3 Å². The third-order valence-corrected chi connectivity index (χ3v) is 3.30. The van der Waals surface area contributed by atoms with Gasteiger partial charge in [0.1, 0.15) is 0 Å².